The molecule has 0 aromatic heterocycles. The van der Waals surface area contributed by atoms with Crippen molar-refractivity contribution < 1.29 is 19.1 Å². The lowest BCUT2D eigenvalue weighted by Gasteiger charge is -2.07. The first kappa shape index (κ1) is 15.8. The van der Waals surface area contributed by atoms with E-state index < -0.39 is 11.9 Å². The number of rotatable bonds is 5. The summed E-state index contributed by atoms with van der Waals surface area (Å²) in [5, 5.41) is 0. The maximum Gasteiger partial charge on any atom is 0.345 e. The van der Waals surface area contributed by atoms with E-state index >= 15 is 0 Å². The van der Waals surface area contributed by atoms with Gasteiger partial charge in [0.25, 0.3) is 0 Å². The Balaban J connectivity index is 1.92. The molecule has 0 saturated carbocycles. The molecule has 0 N–H and O–H groups in total. The van der Waals surface area contributed by atoms with Gasteiger partial charge in [-0.15, -0.1) is 0 Å². The van der Waals surface area contributed by atoms with E-state index in [1.54, 1.807) is 18.2 Å². The van der Waals surface area contributed by atoms with Crippen LogP contribution in [0.2, 0.25) is 0 Å². The van der Waals surface area contributed by atoms with E-state index in [9.17, 15) is 9.59 Å². The Morgan fingerprint density at radius 3 is 2.45 bits per heavy atom. The molecule has 2 aromatic rings. The molecule has 2 rings (SSSR count). The Morgan fingerprint density at radius 2 is 1.77 bits per heavy atom. The van der Waals surface area contributed by atoms with Gasteiger partial charge in [0.15, 0.2) is 0 Å². The van der Waals surface area contributed by atoms with Crippen molar-refractivity contribution in [2.45, 2.75) is 19.8 Å². The number of benzene rings is 2. The lowest BCUT2D eigenvalue weighted by molar-refractivity contribution is -0.137. The molecule has 4 heteroatoms. The van der Waals surface area contributed by atoms with Crippen LogP contribution in [0.15, 0.2) is 48.5 Å². The van der Waals surface area contributed by atoms with E-state index in [4.69, 9.17) is 9.47 Å². The van der Waals surface area contributed by atoms with Crippen molar-refractivity contribution in [2.24, 2.45) is 0 Å². The second-order valence-electron chi connectivity index (χ2n) is 4.93. The van der Waals surface area contributed by atoms with E-state index in [1.807, 2.05) is 37.3 Å². The molecule has 2 aromatic carbocycles. The molecule has 0 amide bonds. The predicted octanol–water partition coefficient (Wildman–Crippen LogP) is 3.32. The number of hydrogen-bond acceptors (Lipinski definition) is 4. The van der Waals surface area contributed by atoms with E-state index in [2.05, 4.69) is 0 Å². The topological polar surface area (TPSA) is 52.6 Å². The summed E-state index contributed by atoms with van der Waals surface area (Å²) in [4.78, 5) is 23.7. The lowest BCUT2D eigenvalue weighted by Crippen LogP contribution is -2.13. The zero-order valence-electron chi connectivity index (χ0n) is 12.7. The van der Waals surface area contributed by atoms with E-state index in [0.717, 1.165) is 11.1 Å². The Morgan fingerprint density at radius 1 is 1.05 bits per heavy atom. The maximum absolute atomic E-state index is 11.9. The van der Waals surface area contributed by atoms with Gasteiger partial charge in [-0.1, -0.05) is 36.4 Å². The Labute approximate surface area is 129 Å². The molecule has 0 atom stereocenters. The fourth-order valence-electron chi connectivity index (χ4n) is 2.05. The molecule has 0 aliphatic rings. The maximum atomic E-state index is 11.9. The summed E-state index contributed by atoms with van der Waals surface area (Å²) in [5.41, 5.74) is 2.24. The number of methoxy groups -OCH3 is 1. The van der Waals surface area contributed by atoms with Crippen LogP contribution in [0, 0.1) is 6.92 Å². The molecule has 22 heavy (non-hydrogen) atoms. The molecule has 0 saturated heterocycles. The number of carbonyl (C=O) groups is 2. The van der Waals surface area contributed by atoms with Gasteiger partial charge in [0, 0.05) is 0 Å². The second-order valence-corrected chi connectivity index (χ2v) is 4.93. The van der Waals surface area contributed by atoms with Crippen LogP contribution in [0.3, 0.4) is 0 Å². The molecule has 0 fully saturated rings. The van der Waals surface area contributed by atoms with Gasteiger partial charge in [-0.05, 0) is 36.6 Å². The highest BCUT2D eigenvalue weighted by Crippen LogP contribution is 2.19. The third kappa shape index (κ3) is 4.19. The number of esters is 2. The molecule has 0 aliphatic carbocycles. The monoisotopic (exact) mass is 298 g/mol. The average molecular weight is 298 g/mol. The highest BCUT2D eigenvalue weighted by Gasteiger charge is 2.14. The Hall–Kier alpha value is -2.62. The van der Waals surface area contributed by atoms with Gasteiger partial charge >= 0.3 is 11.9 Å². The number of ether oxygens (including phenoxy) is 2. The summed E-state index contributed by atoms with van der Waals surface area (Å²) < 4.78 is 10.0. The van der Waals surface area contributed by atoms with Crippen molar-refractivity contribution in [3.05, 3.63) is 65.2 Å². The minimum Gasteiger partial charge on any atom is -0.496 e. The third-order valence-corrected chi connectivity index (χ3v) is 3.31. The molecule has 0 heterocycles. The summed E-state index contributed by atoms with van der Waals surface area (Å²) in [5.74, 6) is -0.601. The fraction of sp³-hybridized carbons (Fsp3) is 0.222. The van der Waals surface area contributed by atoms with E-state index in [-0.39, 0.29) is 6.42 Å². The first-order valence-corrected chi connectivity index (χ1v) is 7.03. The van der Waals surface area contributed by atoms with Gasteiger partial charge in [-0.3, -0.25) is 4.79 Å². The van der Waals surface area contributed by atoms with Gasteiger partial charge in [0.1, 0.15) is 5.75 Å². The molecule has 114 valence electrons. The van der Waals surface area contributed by atoms with E-state index in [1.165, 1.54) is 7.11 Å². The van der Waals surface area contributed by atoms with Crippen LogP contribution in [0.25, 0.3) is 0 Å². The van der Waals surface area contributed by atoms with Crippen molar-refractivity contribution in [3.8, 4) is 5.75 Å². The third-order valence-electron chi connectivity index (χ3n) is 3.31. The molecule has 0 spiro atoms. The van der Waals surface area contributed by atoms with Crippen LogP contribution in [0.1, 0.15) is 27.9 Å². The van der Waals surface area contributed by atoms with Crippen molar-refractivity contribution >= 4 is 11.9 Å². The first-order valence-electron chi connectivity index (χ1n) is 7.03. The minimum absolute atomic E-state index is 0.165. The summed E-state index contributed by atoms with van der Waals surface area (Å²) in [6, 6.07) is 14.5. The molecular weight excluding hydrogens is 280 g/mol. The van der Waals surface area contributed by atoms with Crippen LogP contribution < -0.4 is 4.74 Å². The molecule has 0 aliphatic heterocycles. The quantitative estimate of drug-likeness (QED) is 0.627. The second kappa shape index (κ2) is 7.41. The van der Waals surface area contributed by atoms with Gasteiger partial charge in [-0.25, -0.2) is 4.79 Å². The highest BCUT2D eigenvalue weighted by molar-refractivity contribution is 5.97. The zero-order chi connectivity index (χ0) is 15.9. The molecule has 0 radical (unpaired) electrons. The number of carbonyl (C=O) groups excluding carboxylic acids is 2. The number of hydrogen-bond donors (Lipinski definition) is 0. The SMILES string of the molecule is COc1cc(C(=O)OC(=O)CCc2ccccc2)ccc1C. The predicted molar refractivity (Wildman–Crippen MR) is 82.9 cm³/mol. The first-order chi connectivity index (χ1) is 10.6. The van der Waals surface area contributed by atoms with Crippen molar-refractivity contribution in [3.63, 3.8) is 0 Å². The summed E-state index contributed by atoms with van der Waals surface area (Å²) in [6.07, 6.45) is 0.711. The average Bonchev–Trinajstić information content (AvgIpc) is 2.54. The van der Waals surface area contributed by atoms with Crippen LogP contribution in [0.4, 0.5) is 0 Å². The van der Waals surface area contributed by atoms with Gasteiger partial charge in [0.05, 0.1) is 19.1 Å². The normalized spacial score (nSPS) is 10.1. The minimum atomic E-state index is -0.656. The molecular formula is C18H18O4. The van der Waals surface area contributed by atoms with Crippen LogP contribution in [-0.4, -0.2) is 19.0 Å². The summed E-state index contributed by atoms with van der Waals surface area (Å²) in [6.45, 7) is 1.87. The van der Waals surface area contributed by atoms with Crippen LogP contribution in [-0.2, 0) is 16.0 Å². The fourth-order valence-corrected chi connectivity index (χ4v) is 2.05. The molecule has 4 nitrogen and oxygen atoms in total. The van der Waals surface area contributed by atoms with Crippen molar-refractivity contribution in [2.75, 3.05) is 7.11 Å². The standard InChI is InChI=1S/C18H18O4/c1-13-8-10-15(12-16(13)21-2)18(20)22-17(19)11-9-14-6-4-3-5-7-14/h3-8,10,12H,9,11H2,1-2H3. The Bertz CT molecular complexity index is 662. The molecule has 0 unspecified atom stereocenters. The van der Waals surface area contributed by atoms with E-state index in [0.29, 0.717) is 17.7 Å². The smallest absolute Gasteiger partial charge is 0.345 e. The highest BCUT2D eigenvalue weighted by atomic mass is 16.6. The summed E-state index contributed by atoms with van der Waals surface area (Å²) >= 11 is 0. The largest absolute Gasteiger partial charge is 0.496 e. The zero-order valence-corrected chi connectivity index (χ0v) is 12.7. The summed E-state index contributed by atoms with van der Waals surface area (Å²) in [7, 11) is 1.53. The Kier molecular flexibility index (Phi) is 5.31. The number of aryl methyl sites for hydroxylation is 2. The van der Waals surface area contributed by atoms with Gasteiger partial charge < -0.3 is 9.47 Å². The van der Waals surface area contributed by atoms with Crippen LogP contribution >= 0.6 is 0 Å². The molecule has 0 bridgehead atoms. The van der Waals surface area contributed by atoms with Crippen LogP contribution in [0.5, 0.6) is 5.75 Å². The lowest BCUT2D eigenvalue weighted by atomic mass is 10.1. The van der Waals surface area contributed by atoms with Crippen molar-refractivity contribution in [1.82, 2.24) is 0 Å². The van der Waals surface area contributed by atoms with Gasteiger partial charge in [-0.2, -0.15) is 0 Å². The van der Waals surface area contributed by atoms with Crippen molar-refractivity contribution in [1.29, 1.82) is 0 Å². The van der Waals surface area contributed by atoms with Gasteiger partial charge in [0.2, 0.25) is 0 Å².